The number of carbonyl (C=O) groups excluding carboxylic acids is 1. The van der Waals surface area contributed by atoms with Crippen molar-refractivity contribution in [2.24, 2.45) is 5.73 Å². The Balaban J connectivity index is 0.00000243. The van der Waals surface area contributed by atoms with Crippen molar-refractivity contribution in [3.05, 3.63) is 59.5 Å². The second-order valence-electron chi connectivity index (χ2n) is 6.56. The van der Waals surface area contributed by atoms with E-state index in [9.17, 15) is 4.79 Å². The molecule has 2 aromatic rings. The zero-order valence-electron chi connectivity index (χ0n) is 15.0. The average Bonchev–Trinajstić information content (AvgIpc) is 3.31. The van der Waals surface area contributed by atoms with Crippen LogP contribution in [-0.4, -0.2) is 30.4 Å². The van der Waals surface area contributed by atoms with Gasteiger partial charge in [0, 0.05) is 25.7 Å². The number of nitrogens with zero attached hydrogens (tertiary/aromatic N) is 1. The lowest BCUT2D eigenvalue weighted by atomic mass is 10.00. The van der Waals surface area contributed by atoms with Crippen LogP contribution in [0.4, 0.5) is 0 Å². The van der Waals surface area contributed by atoms with Crippen molar-refractivity contribution in [3.63, 3.8) is 0 Å². The molecule has 1 amide bonds. The largest absolute Gasteiger partial charge is 0.467 e. The van der Waals surface area contributed by atoms with E-state index < -0.39 is 0 Å². The molecule has 2 atom stereocenters. The first-order chi connectivity index (χ1) is 12.2. The Labute approximate surface area is 160 Å². The third-order valence-corrected chi connectivity index (χ3v) is 4.68. The van der Waals surface area contributed by atoms with Crippen LogP contribution in [0.15, 0.2) is 47.1 Å². The van der Waals surface area contributed by atoms with Gasteiger partial charge in [0.15, 0.2) is 0 Å². The molecule has 0 spiro atoms. The van der Waals surface area contributed by atoms with Gasteiger partial charge >= 0.3 is 0 Å². The van der Waals surface area contributed by atoms with Crippen LogP contribution < -0.4 is 16.6 Å². The fourth-order valence-electron chi connectivity index (χ4n) is 3.21. The number of hydrogen-bond acceptors (Lipinski definition) is 5. The Bertz CT molecular complexity index is 692. The van der Waals surface area contributed by atoms with E-state index in [0.29, 0.717) is 30.0 Å². The number of hydrazine groups is 1. The van der Waals surface area contributed by atoms with Gasteiger partial charge in [0.1, 0.15) is 12.0 Å². The quantitative estimate of drug-likeness (QED) is 0.689. The number of amides is 1. The van der Waals surface area contributed by atoms with Gasteiger partial charge in [-0.1, -0.05) is 30.3 Å². The highest BCUT2D eigenvalue weighted by molar-refractivity contribution is 5.93. The lowest BCUT2D eigenvalue weighted by Crippen LogP contribution is -2.32. The normalized spacial score (nSPS) is 19.2. The van der Waals surface area contributed by atoms with Crippen LogP contribution in [0.2, 0.25) is 0 Å². The van der Waals surface area contributed by atoms with Crippen LogP contribution in [0.3, 0.4) is 0 Å². The van der Waals surface area contributed by atoms with Crippen LogP contribution in [0.1, 0.15) is 47.0 Å². The van der Waals surface area contributed by atoms with Gasteiger partial charge in [0.05, 0.1) is 12.1 Å². The maximum Gasteiger partial charge on any atom is 0.256 e. The molecule has 0 aliphatic carbocycles. The summed E-state index contributed by atoms with van der Waals surface area (Å²) in [6, 6.07) is 13.0. The number of carbonyl (C=O) groups is 1. The fourth-order valence-corrected chi connectivity index (χ4v) is 3.21. The SMILES string of the molecule is CN(CCCC1CC(c2ccccc2)NN1)C(=O)c1coc(CN)c1.Cl. The Kier molecular flexibility index (Phi) is 7.66. The molecule has 3 rings (SSSR count). The topological polar surface area (TPSA) is 83.5 Å². The van der Waals surface area contributed by atoms with E-state index in [1.54, 1.807) is 11.0 Å². The second kappa shape index (κ2) is 9.73. The molecule has 0 bridgehead atoms. The average molecular weight is 379 g/mol. The maximum absolute atomic E-state index is 12.3. The molecule has 7 heteroatoms. The molecule has 4 N–H and O–H groups in total. The summed E-state index contributed by atoms with van der Waals surface area (Å²) in [5.74, 6) is 0.605. The van der Waals surface area contributed by atoms with Crippen LogP contribution >= 0.6 is 12.4 Å². The number of hydrogen-bond donors (Lipinski definition) is 3. The van der Waals surface area contributed by atoms with Crippen molar-refractivity contribution in [1.82, 2.24) is 15.8 Å². The first-order valence-corrected chi connectivity index (χ1v) is 8.76. The summed E-state index contributed by atoms with van der Waals surface area (Å²) >= 11 is 0. The van der Waals surface area contributed by atoms with Gasteiger partial charge < -0.3 is 15.1 Å². The minimum absolute atomic E-state index is 0. The lowest BCUT2D eigenvalue weighted by molar-refractivity contribution is 0.0791. The molecule has 6 nitrogen and oxygen atoms in total. The molecule has 26 heavy (non-hydrogen) atoms. The Hall–Kier alpha value is -1.86. The smallest absolute Gasteiger partial charge is 0.256 e. The van der Waals surface area contributed by atoms with E-state index in [1.165, 1.54) is 11.8 Å². The first-order valence-electron chi connectivity index (χ1n) is 8.76. The maximum atomic E-state index is 12.3. The molecule has 1 aliphatic rings. The van der Waals surface area contributed by atoms with Crippen molar-refractivity contribution in [2.45, 2.75) is 37.9 Å². The molecule has 2 unspecified atom stereocenters. The highest BCUT2D eigenvalue weighted by atomic mass is 35.5. The molecular formula is C19H27ClN4O2. The highest BCUT2D eigenvalue weighted by Crippen LogP contribution is 2.23. The third-order valence-electron chi connectivity index (χ3n) is 4.68. The van der Waals surface area contributed by atoms with E-state index in [1.807, 2.05) is 13.1 Å². The van der Waals surface area contributed by atoms with Crippen LogP contribution in [0.25, 0.3) is 0 Å². The number of nitrogens with two attached hydrogens (primary N) is 1. The van der Waals surface area contributed by atoms with Crippen molar-refractivity contribution in [2.75, 3.05) is 13.6 Å². The van der Waals surface area contributed by atoms with Gasteiger partial charge in [0.2, 0.25) is 0 Å². The molecule has 1 fully saturated rings. The number of halogens is 1. The predicted molar refractivity (Wildman–Crippen MR) is 104 cm³/mol. The van der Waals surface area contributed by atoms with E-state index in [2.05, 4.69) is 35.1 Å². The van der Waals surface area contributed by atoms with Crippen LogP contribution in [0, 0.1) is 0 Å². The fraction of sp³-hybridized carbons (Fsp3) is 0.421. The molecule has 1 saturated heterocycles. The number of rotatable bonds is 7. The molecule has 1 aliphatic heterocycles. The summed E-state index contributed by atoms with van der Waals surface area (Å²) in [7, 11) is 1.82. The van der Waals surface area contributed by atoms with Crippen LogP contribution in [0.5, 0.6) is 0 Å². The molecular weight excluding hydrogens is 352 g/mol. The van der Waals surface area contributed by atoms with Gasteiger partial charge in [-0.2, -0.15) is 0 Å². The summed E-state index contributed by atoms with van der Waals surface area (Å²) in [4.78, 5) is 14.1. The van der Waals surface area contributed by atoms with Crippen LogP contribution in [-0.2, 0) is 6.54 Å². The van der Waals surface area contributed by atoms with Crippen molar-refractivity contribution in [1.29, 1.82) is 0 Å². The molecule has 2 heterocycles. The Morgan fingerprint density at radius 2 is 2.08 bits per heavy atom. The van der Waals surface area contributed by atoms with Crippen molar-refractivity contribution in [3.8, 4) is 0 Å². The summed E-state index contributed by atoms with van der Waals surface area (Å²) in [6.07, 6.45) is 4.51. The van der Waals surface area contributed by atoms with Gasteiger partial charge in [-0.15, -0.1) is 12.4 Å². The van der Waals surface area contributed by atoms with Gasteiger partial charge in [0.25, 0.3) is 5.91 Å². The minimum Gasteiger partial charge on any atom is -0.467 e. The number of benzene rings is 1. The first kappa shape index (κ1) is 20.5. The van der Waals surface area contributed by atoms with Crippen molar-refractivity contribution >= 4 is 18.3 Å². The molecule has 1 aromatic heterocycles. The van der Waals surface area contributed by atoms with Crippen molar-refractivity contribution < 1.29 is 9.21 Å². The summed E-state index contributed by atoms with van der Waals surface area (Å²) < 4.78 is 5.23. The molecule has 1 aromatic carbocycles. The summed E-state index contributed by atoms with van der Waals surface area (Å²) in [5, 5.41) is 0. The molecule has 0 radical (unpaired) electrons. The minimum atomic E-state index is -0.0249. The highest BCUT2D eigenvalue weighted by Gasteiger charge is 2.24. The summed E-state index contributed by atoms with van der Waals surface area (Å²) in [5.41, 5.74) is 14.1. The summed E-state index contributed by atoms with van der Waals surface area (Å²) in [6.45, 7) is 1.02. The van der Waals surface area contributed by atoms with Gasteiger partial charge in [-0.05, 0) is 30.9 Å². The standard InChI is InChI=1S/C19H26N4O2.ClH/c1-23(19(24)15-10-17(12-20)25-13-15)9-5-8-16-11-18(22-21-16)14-6-3-2-4-7-14;/h2-4,6-7,10,13,16,18,21-22H,5,8-9,11-12,20H2,1H3;1H. The van der Waals surface area contributed by atoms with E-state index in [-0.39, 0.29) is 18.3 Å². The third kappa shape index (κ3) is 5.08. The zero-order valence-corrected chi connectivity index (χ0v) is 15.8. The lowest BCUT2D eigenvalue weighted by Gasteiger charge is -2.17. The Morgan fingerprint density at radius 3 is 2.77 bits per heavy atom. The van der Waals surface area contributed by atoms with E-state index in [4.69, 9.17) is 10.2 Å². The zero-order chi connectivity index (χ0) is 17.6. The second-order valence-corrected chi connectivity index (χ2v) is 6.56. The predicted octanol–water partition coefficient (Wildman–Crippen LogP) is 2.62. The molecule has 142 valence electrons. The van der Waals surface area contributed by atoms with E-state index >= 15 is 0 Å². The van der Waals surface area contributed by atoms with E-state index in [0.717, 1.165) is 25.8 Å². The Morgan fingerprint density at radius 1 is 1.31 bits per heavy atom. The molecule has 0 saturated carbocycles. The number of furan rings is 1. The monoisotopic (exact) mass is 378 g/mol. The number of nitrogens with one attached hydrogen (secondary N) is 2. The van der Waals surface area contributed by atoms with Gasteiger partial charge in [-0.3, -0.25) is 15.6 Å². The van der Waals surface area contributed by atoms with Gasteiger partial charge in [-0.25, -0.2) is 0 Å².